The molecule has 0 unspecified atom stereocenters. The highest BCUT2D eigenvalue weighted by atomic mass is 14.5. The average molecular weight is 272 g/mol. The van der Waals surface area contributed by atoms with Crippen LogP contribution >= 0.6 is 0 Å². The molecule has 0 saturated heterocycles. The Balaban J connectivity index is 2.26. The maximum Gasteiger partial charge on any atom is -0.0175 e. The number of hydrogen-bond acceptors (Lipinski definition) is 0. The molecule has 2 rings (SSSR count). The second-order valence-electron chi connectivity index (χ2n) is 7.63. The Labute approximate surface area is 126 Å². The summed E-state index contributed by atoms with van der Waals surface area (Å²) in [6.07, 6.45) is 14.1. The van der Waals surface area contributed by atoms with E-state index >= 15 is 0 Å². The van der Waals surface area contributed by atoms with Crippen molar-refractivity contribution in [2.45, 2.75) is 72.6 Å². The van der Waals surface area contributed by atoms with Gasteiger partial charge in [-0.05, 0) is 83.0 Å². The van der Waals surface area contributed by atoms with E-state index in [1.54, 1.807) is 11.1 Å². The zero-order chi connectivity index (χ0) is 14.8. The lowest BCUT2D eigenvalue weighted by molar-refractivity contribution is 0.195. The first-order valence-corrected chi connectivity index (χ1v) is 8.39. The smallest absolute Gasteiger partial charge is 0.0175 e. The molecule has 0 aromatic heterocycles. The van der Waals surface area contributed by atoms with Gasteiger partial charge in [0, 0.05) is 0 Å². The Morgan fingerprint density at radius 1 is 1.15 bits per heavy atom. The van der Waals surface area contributed by atoms with Crippen LogP contribution in [0.2, 0.25) is 0 Å². The van der Waals surface area contributed by atoms with Gasteiger partial charge in [0.05, 0.1) is 0 Å². The van der Waals surface area contributed by atoms with Crippen molar-refractivity contribution in [2.75, 3.05) is 0 Å². The third-order valence-corrected chi connectivity index (χ3v) is 5.84. The minimum atomic E-state index is 0.496. The van der Waals surface area contributed by atoms with E-state index in [1.807, 2.05) is 0 Å². The minimum Gasteiger partial charge on any atom is -0.0999 e. The first-order valence-electron chi connectivity index (χ1n) is 8.39. The standard InChI is InChI=1S/C20H32/c1-15(2)18-12-14-20(5)13-11-17(4)8-6-7-16(3)9-10-19(18)20/h7,11,18-19H,1,6,8-10,12-14H2,2-5H3/b16-7-,17-11+/t18-,19+,20+/m1/s1. The molecule has 2 aliphatic carbocycles. The Morgan fingerprint density at radius 3 is 2.55 bits per heavy atom. The van der Waals surface area contributed by atoms with Crippen LogP contribution in [0.5, 0.6) is 0 Å². The fourth-order valence-electron chi connectivity index (χ4n) is 4.29. The van der Waals surface area contributed by atoms with E-state index in [-0.39, 0.29) is 0 Å². The molecular weight excluding hydrogens is 240 g/mol. The van der Waals surface area contributed by atoms with Crippen LogP contribution in [0.1, 0.15) is 72.6 Å². The van der Waals surface area contributed by atoms with Crippen LogP contribution in [0, 0.1) is 17.3 Å². The van der Waals surface area contributed by atoms with Crippen molar-refractivity contribution < 1.29 is 0 Å². The summed E-state index contributed by atoms with van der Waals surface area (Å²) < 4.78 is 0. The molecule has 0 amide bonds. The zero-order valence-electron chi connectivity index (χ0n) is 14.0. The monoisotopic (exact) mass is 272 g/mol. The van der Waals surface area contributed by atoms with E-state index in [9.17, 15) is 0 Å². The number of hydrogen-bond donors (Lipinski definition) is 0. The van der Waals surface area contributed by atoms with E-state index in [0.29, 0.717) is 5.41 Å². The largest absolute Gasteiger partial charge is 0.0999 e. The molecule has 0 nitrogen and oxygen atoms in total. The summed E-state index contributed by atoms with van der Waals surface area (Å²) in [6.45, 7) is 13.7. The van der Waals surface area contributed by atoms with Gasteiger partial charge in [-0.3, -0.25) is 0 Å². The van der Waals surface area contributed by atoms with Crippen LogP contribution < -0.4 is 0 Å². The van der Waals surface area contributed by atoms with Gasteiger partial charge in [0.25, 0.3) is 0 Å². The van der Waals surface area contributed by atoms with Crippen molar-refractivity contribution in [3.63, 3.8) is 0 Å². The van der Waals surface area contributed by atoms with Crippen molar-refractivity contribution in [2.24, 2.45) is 17.3 Å². The molecule has 20 heavy (non-hydrogen) atoms. The van der Waals surface area contributed by atoms with Gasteiger partial charge in [-0.15, -0.1) is 0 Å². The van der Waals surface area contributed by atoms with Gasteiger partial charge in [0.1, 0.15) is 0 Å². The lowest BCUT2D eigenvalue weighted by Crippen LogP contribution is -2.25. The van der Waals surface area contributed by atoms with E-state index in [2.05, 4.69) is 46.4 Å². The molecule has 0 heterocycles. The van der Waals surface area contributed by atoms with Crippen LogP contribution in [0.25, 0.3) is 0 Å². The topological polar surface area (TPSA) is 0 Å². The highest BCUT2D eigenvalue weighted by Gasteiger charge is 2.43. The number of fused-ring (bicyclic) bond motifs is 1. The van der Waals surface area contributed by atoms with Gasteiger partial charge in [0.2, 0.25) is 0 Å². The lowest BCUT2D eigenvalue weighted by Gasteiger charge is -2.34. The molecule has 0 aromatic carbocycles. The van der Waals surface area contributed by atoms with Crippen molar-refractivity contribution in [1.29, 1.82) is 0 Å². The number of allylic oxidation sites excluding steroid dienone is 5. The molecule has 0 aromatic rings. The van der Waals surface area contributed by atoms with E-state index in [4.69, 9.17) is 0 Å². The summed E-state index contributed by atoms with van der Waals surface area (Å²) in [6, 6.07) is 0. The predicted molar refractivity (Wildman–Crippen MR) is 89.7 cm³/mol. The molecule has 2 aliphatic rings. The van der Waals surface area contributed by atoms with Gasteiger partial charge in [0.15, 0.2) is 0 Å². The molecule has 0 aliphatic heterocycles. The van der Waals surface area contributed by atoms with Crippen molar-refractivity contribution in [3.8, 4) is 0 Å². The van der Waals surface area contributed by atoms with Gasteiger partial charge >= 0.3 is 0 Å². The summed E-state index contributed by atoms with van der Waals surface area (Å²) in [4.78, 5) is 0. The third kappa shape index (κ3) is 3.45. The van der Waals surface area contributed by atoms with Crippen LogP contribution in [0.15, 0.2) is 35.5 Å². The summed E-state index contributed by atoms with van der Waals surface area (Å²) >= 11 is 0. The average Bonchev–Trinajstić information content (AvgIpc) is 2.70. The molecule has 0 N–H and O–H groups in total. The van der Waals surface area contributed by atoms with Gasteiger partial charge in [-0.25, -0.2) is 0 Å². The van der Waals surface area contributed by atoms with Crippen molar-refractivity contribution in [1.82, 2.24) is 0 Å². The highest BCUT2D eigenvalue weighted by molar-refractivity contribution is 5.13. The lowest BCUT2D eigenvalue weighted by atomic mass is 9.70. The Hall–Kier alpha value is -0.780. The maximum absolute atomic E-state index is 4.28. The van der Waals surface area contributed by atoms with Crippen LogP contribution in [-0.4, -0.2) is 0 Å². The minimum absolute atomic E-state index is 0.496. The van der Waals surface area contributed by atoms with Crippen LogP contribution in [-0.2, 0) is 0 Å². The van der Waals surface area contributed by atoms with Crippen molar-refractivity contribution in [3.05, 3.63) is 35.5 Å². The molecule has 1 fully saturated rings. The molecule has 0 radical (unpaired) electrons. The molecule has 0 spiro atoms. The van der Waals surface area contributed by atoms with E-state index in [1.165, 1.54) is 50.5 Å². The molecule has 112 valence electrons. The fraction of sp³-hybridized carbons (Fsp3) is 0.700. The highest BCUT2D eigenvalue weighted by Crippen LogP contribution is 2.53. The first-order chi connectivity index (χ1) is 9.42. The second kappa shape index (κ2) is 6.33. The molecule has 3 atom stereocenters. The quantitative estimate of drug-likeness (QED) is 0.481. The summed E-state index contributed by atoms with van der Waals surface area (Å²) in [5.41, 5.74) is 5.08. The van der Waals surface area contributed by atoms with Gasteiger partial charge in [-0.2, -0.15) is 0 Å². The van der Waals surface area contributed by atoms with Gasteiger partial charge in [-0.1, -0.05) is 42.4 Å². The maximum atomic E-state index is 4.28. The number of rotatable bonds is 1. The van der Waals surface area contributed by atoms with Crippen LogP contribution in [0.3, 0.4) is 0 Å². The third-order valence-electron chi connectivity index (χ3n) is 5.84. The van der Waals surface area contributed by atoms with E-state index < -0.39 is 0 Å². The Morgan fingerprint density at radius 2 is 1.85 bits per heavy atom. The summed E-state index contributed by atoms with van der Waals surface area (Å²) in [7, 11) is 0. The Kier molecular flexibility index (Phi) is 4.94. The summed E-state index contributed by atoms with van der Waals surface area (Å²) in [5.74, 6) is 1.58. The van der Waals surface area contributed by atoms with Crippen molar-refractivity contribution >= 4 is 0 Å². The fourth-order valence-corrected chi connectivity index (χ4v) is 4.29. The molecular formula is C20H32. The zero-order valence-corrected chi connectivity index (χ0v) is 14.0. The Bertz CT molecular complexity index is 423. The summed E-state index contributed by atoms with van der Waals surface area (Å²) in [5, 5.41) is 0. The molecule has 0 heteroatoms. The van der Waals surface area contributed by atoms with E-state index in [0.717, 1.165) is 11.8 Å². The molecule has 1 saturated carbocycles. The van der Waals surface area contributed by atoms with Crippen LogP contribution in [0.4, 0.5) is 0 Å². The second-order valence-corrected chi connectivity index (χ2v) is 7.63. The van der Waals surface area contributed by atoms with Gasteiger partial charge < -0.3 is 0 Å². The SMILES string of the molecule is C=C(C)[C@H]1CC[C@]2(C)C/C=C(\C)CC/C=C(/C)CC[C@@H]12. The molecule has 0 bridgehead atoms. The normalized spacial score (nSPS) is 40.8. The first kappa shape index (κ1) is 15.6. The predicted octanol–water partition coefficient (Wildman–Crippen LogP) is 6.45.